The van der Waals surface area contributed by atoms with E-state index in [4.69, 9.17) is 9.47 Å². The summed E-state index contributed by atoms with van der Waals surface area (Å²) in [4.78, 5) is 0. The van der Waals surface area contributed by atoms with Crippen molar-refractivity contribution in [1.82, 2.24) is 5.32 Å². The quantitative estimate of drug-likeness (QED) is 0.581. The van der Waals surface area contributed by atoms with Crippen LogP contribution in [-0.4, -0.2) is 26.3 Å². The minimum atomic E-state index is 0.711. The average Bonchev–Trinajstić information content (AvgIpc) is 2.82. The van der Waals surface area contributed by atoms with Gasteiger partial charge in [-0.3, -0.25) is 0 Å². The van der Waals surface area contributed by atoms with Gasteiger partial charge in [-0.2, -0.15) is 0 Å². The smallest absolute Gasteiger partial charge is 0.0717 e. The number of benzene rings is 2. The summed E-state index contributed by atoms with van der Waals surface area (Å²) in [5, 5.41) is 3.40. The molecule has 0 amide bonds. The van der Waals surface area contributed by atoms with Gasteiger partial charge in [-0.05, 0) is 55.2 Å². The Morgan fingerprint density at radius 1 is 0.633 bits per heavy atom. The Labute approximate surface area is 183 Å². The second kappa shape index (κ2) is 14.3. The van der Waals surface area contributed by atoms with Crippen molar-refractivity contribution < 1.29 is 9.47 Å². The highest BCUT2D eigenvalue weighted by Gasteiger charge is 2.13. The van der Waals surface area contributed by atoms with Gasteiger partial charge in [-0.1, -0.05) is 79.9 Å². The first-order valence-corrected chi connectivity index (χ1v) is 11.8. The molecule has 30 heavy (non-hydrogen) atoms. The summed E-state index contributed by atoms with van der Waals surface area (Å²) in [6.45, 7) is 5.66. The fraction of sp³-hybridized carbons (Fsp3) is 0.556. The SMILES string of the molecule is c1ccc(COCC2CCCCC2)cc1.c1ccc(COC[C@H]2CCCNC2)cc1. The molecular formula is C27H39NO2. The van der Waals surface area contributed by atoms with Gasteiger partial charge < -0.3 is 14.8 Å². The van der Waals surface area contributed by atoms with Gasteiger partial charge in [0.25, 0.3) is 0 Å². The summed E-state index contributed by atoms with van der Waals surface area (Å²) < 4.78 is 11.5. The lowest BCUT2D eigenvalue weighted by atomic mass is 9.90. The van der Waals surface area contributed by atoms with Crippen molar-refractivity contribution in [2.24, 2.45) is 11.8 Å². The molecule has 1 N–H and O–H groups in total. The maximum absolute atomic E-state index is 5.76. The van der Waals surface area contributed by atoms with Crippen LogP contribution >= 0.6 is 0 Å². The number of ether oxygens (including phenoxy) is 2. The minimum Gasteiger partial charge on any atom is -0.376 e. The molecule has 0 spiro atoms. The Morgan fingerprint density at radius 3 is 1.70 bits per heavy atom. The normalized spacial score (nSPS) is 19.7. The number of rotatable bonds is 8. The molecule has 1 saturated carbocycles. The Bertz CT molecular complexity index is 590. The first kappa shape index (κ1) is 23.0. The third-order valence-electron chi connectivity index (χ3n) is 6.05. The Balaban J connectivity index is 0.000000171. The third-order valence-corrected chi connectivity index (χ3v) is 6.05. The molecule has 2 aliphatic rings. The Morgan fingerprint density at radius 2 is 1.17 bits per heavy atom. The van der Waals surface area contributed by atoms with Gasteiger partial charge in [-0.15, -0.1) is 0 Å². The van der Waals surface area contributed by atoms with E-state index in [-0.39, 0.29) is 0 Å². The van der Waals surface area contributed by atoms with Gasteiger partial charge >= 0.3 is 0 Å². The third kappa shape index (κ3) is 9.42. The average molecular weight is 410 g/mol. The van der Waals surface area contributed by atoms with Gasteiger partial charge in [-0.25, -0.2) is 0 Å². The molecule has 3 heteroatoms. The summed E-state index contributed by atoms with van der Waals surface area (Å²) in [7, 11) is 0. The summed E-state index contributed by atoms with van der Waals surface area (Å²) >= 11 is 0. The number of hydrogen-bond donors (Lipinski definition) is 1. The van der Waals surface area contributed by atoms with E-state index in [1.807, 2.05) is 12.1 Å². The molecule has 1 aliphatic carbocycles. The standard InChI is InChI=1S/C14H20O.C13H19NO/c1-3-7-13(8-4-1)11-15-12-14-9-5-2-6-10-14;1-2-5-12(6-3-1)10-15-11-13-7-4-8-14-9-13/h1,3-4,7-8,14H,2,5-6,9-12H2;1-3,5-6,13-14H,4,7-11H2/t;13-/m.0/s1. The van der Waals surface area contributed by atoms with Crippen LogP contribution in [0.3, 0.4) is 0 Å². The molecule has 1 saturated heterocycles. The van der Waals surface area contributed by atoms with Gasteiger partial charge in [0.1, 0.15) is 0 Å². The van der Waals surface area contributed by atoms with Crippen LogP contribution in [0.25, 0.3) is 0 Å². The molecule has 1 aliphatic heterocycles. The summed E-state index contributed by atoms with van der Waals surface area (Å²) in [5.41, 5.74) is 2.55. The predicted molar refractivity (Wildman–Crippen MR) is 124 cm³/mol. The van der Waals surface area contributed by atoms with Crippen LogP contribution in [0.5, 0.6) is 0 Å². The molecule has 1 heterocycles. The van der Waals surface area contributed by atoms with E-state index in [0.29, 0.717) is 5.92 Å². The van der Waals surface area contributed by atoms with E-state index < -0.39 is 0 Å². The van der Waals surface area contributed by atoms with Crippen molar-refractivity contribution >= 4 is 0 Å². The molecule has 0 radical (unpaired) electrons. The largest absolute Gasteiger partial charge is 0.376 e. The maximum Gasteiger partial charge on any atom is 0.0717 e. The first-order chi connectivity index (χ1) is 14.9. The van der Waals surface area contributed by atoms with Gasteiger partial charge in [0.15, 0.2) is 0 Å². The fourth-order valence-corrected chi connectivity index (χ4v) is 4.26. The molecule has 2 fully saturated rings. The molecular weight excluding hydrogens is 370 g/mol. The van der Waals surface area contributed by atoms with Crippen molar-refractivity contribution in [2.45, 2.75) is 58.2 Å². The number of nitrogens with one attached hydrogen (secondary N) is 1. The van der Waals surface area contributed by atoms with Gasteiger partial charge in [0, 0.05) is 13.2 Å². The van der Waals surface area contributed by atoms with Crippen molar-refractivity contribution in [3.63, 3.8) is 0 Å². The van der Waals surface area contributed by atoms with Crippen molar-refractivity contribution in [2.75, 3.05) is 26.3 Å². The lowest BCUT2D eigenvalue weighted by Gasteiger charge is -2.22. The van der Waals surface area contributed by atoms with E-state index in [1.165, 1.54) is 62.6 Å². The lowest BCUT2D eigenvalue weighted by Crippen LogP contribution is -2.32. The molecule has 0 bridgehead atoms. The predicted octanol–water partition coefficient (Wildman–Crippen LogP) is 5.99. The molecule has 4 rings (SSSR count). The molecule has 0 unspecified atom stereocenters. The van der Waals surface area contributed by atoms with Crippen LogP contribution in [-0.2, 0) is 22.7 Å². The van der Waals surface area contributed by atoms with Crippen molar-refractivity contribution in [3.8, 4) is 0 Å². The van der Waals surface area contributed by atoms with Crippen LogP contribution in [0.2, 0.25) is 0 Å². The second-order valence-electron chi connectivity index (χ2n) is 8.72. The zero-order chi connectivity index (χ0) is 20.7. The second-order valence-corrected chi connectivity index (χ2v) is 8.72. The Hall–Kier alpha value is -1.68. The minimum absolute atomic E-state index is 0.711. The van der Waals surface area contributed by atoms with E-state index in [2.05, 4.69) is 53.8 Å². The van der Waals surface area contributed by atoms with Crippen LogP contribution in [0.15, 0.2) is 60.7 Å². The maximum atomic E-state index is 5.76. The van der Waals surface area contributed by atoms with E-state index in [0.717, 1.165) is 38.9 Å². The van der Waals surface area contributed by atoms with E-state index in [1.54, 1.807) is 0 Å². The number of hydrogen-bond acceptors (Lipinski definition) is 3. The van der Waals surface area contributed by atoms with Crippen LogP contribution < -0.4 is 5.32 Å². The molecule has 164 valence electrons. The van der Waals surface area contributed by atoms with Crippen molar-refractivity contribution in [3.05, 3.63) is 71.8 Å². The molecule has 3 nitrogen and oxygen atoms in total. The fourth-order valence-electron chi connectivity index (χ4n) is 4.26. The molecule has 2 aromatic carbocycles. The molecule has 0 aromatic heterocycles. The van der Waals surface area contributed by atoms with Crippen molar-refractivity contribution in [1.29, 1.82) is 0 Å². The number of piperidine rings is 1. The van der Waals surface area contributed by atoms with Crippen LogP contribution in [0.4, 0.5) is 0 Å². The highest BCUT2D eigenvalue weighted by molar-refractivity contribution is 5.14. The topological polar surface area (TPSA) is 30.5 Å². The summed E-state index contributed by atoms with van der Waals surface area (Å²) in [6, 6.07) is 20.8. The monoisotopic (exact) mass is 409 g/mol. The van der Waals surface area contributed by atoms with Crippen LogP contribution in [0.1, 0.15) is 56.1 Å². The zero-order valence-electron chi connectivity index (χ0n) is 18.4. The van der Waals surface area contributed by atoms with Gasteiger partial charge in [0.2, 0.25) is 0 Å². The van der Waals surface area contributed by atoms with Gasteiger partial charge in [0.05, 0.1) is 19.8 Å². The van der Waals surface area contributed by atoms with Crippen LogP contribution in [0, 0.1) is 11.8 Å². The van der Waals surface area contributed by atoms with E-state index >= 15 is 0 Å². The Kier molecular flexibility index (Phi) is 11.0. The highest BCUT2D eigenvalue weighted by Crippen LogP contribution is 2.23. The zero-order valence-corrected chi connectivity index (χ0v) is 18.4. The highest BCUT2D eigenvalue weighted by atomic mass is 16.5. The summed E-state index contributed by atoms with van der Waals surface area (Å²) in [6.07, 6.45) is 9.57. The molecule has 2 aromatic rings. The molecule has 1 atom stereocenters. The van der Waals surface area contributed by atoms with E-state index in [9.17, 15) is 0 Å². The lowest BCUT2D eigenvalue weighted by molar-refractivity contribution is 0.0739. The summed E-state index contributed by atoms with van der Waals surface area (Å²) in [5.74, 6) is 1.53. The first-order valence-electron chi connectivity index (χ1n) is 11.8.